The van der Waals surface area contributed by atoms with Crippen molar-refractivity contribution in [1.29, 1.82) is 0 Å². The van der Waals surface area contributed by atoms with Crippen molar-refractivity contribution in [1.82, 2.24) is 0 Å². The van der Waals surface area contributed by atoms with Gasteiger partial charge in [0.25, 0.3) is 0 Å². The van der Waals surface area contributed by atoms with Crippen molar-refractivity contribution in [3.63, 3.8) is 0 Å². The maximum absolute atomic E-state index is 12.0. The molecule has 37 heavy (non-hydrogen) atoms. The summed E-state index contributed by atoms with van der Waals surface area (Å²) in [5.74, 6) is 0. The quantitative estimate of drug-likeness (QED) is 0.0787. The molecule has 0 fully saturated rings. The van der Waals surface area contributed by atoms with Gasteiger partial charge in [-0.2, -0.15) is 0 Å². The number of phosphoric ester groups is 1. The van der Waals surface area contributed by atoms with E-state index in [0.29, 0.717) is 13.2 Å². The zero-order chi connectivity index (χ0) is 27.8. The van der Waals surface area contributed by atoms with Crippen LogP contribution < -0.4 is 0 Å². The lowest BCUT2D eigenvalue weighted by Crippen LogP contribution is -2.23. The molecule has 0 heterocycles. The van der Waals surface area contributed by atoms with Crippen LogP contribution in [-0.2, 0) is 32.6 Å². The summed E-state index contributed by atoms with van der Waals surface area (Å²) >= 11 is 0. The van der Waals surface area contributed by atoms with E-state index in [1.165, 1.54) is 64.2 Å². The van der Waals surface area contributed by atoms with Crippen molar-refractivity contribution in [2.75, 3.05) is 39.6 Å². The first-order chi connectivity index (χ1) is 17.7. The molecule has 0 aromatic heterocycles. The predicted molar refractivity (Wildman–Crippen MR) is 150 cm³/mol. The van der Waals surface area contributed by atoms with Gasteiger partial charge in [0, 0.05) is 0 Å². The minimum Gasteiger partial charge on any atom is -0.376 e. The van der Waals surface area contributed by atoms with E-state index in [1.54, 1.807) is 0 Å². The highest BCUT2D eigenvalue weighted by Gasteiger charge is 2.20. The van der Waals surface area contributed by atoms with Gasteiger partial charge in [-0.25, -0.2) is 4.57 Å². The Kier molecular flexibility index (Phi) is 24.9. The molecule has 4 atom stereocenters. The van der Waals surface area contributed by atoms with Crippen LogP contribution in [0.25, 0.3) is 0 Å². The van der Waals surface area contributed by atoms with E-state index in [9.17, 15) is 9.46 Å². The fourth-order valence-corrected chi connectivity index (χ4v) is 4.72. The number of ether oxygens (including phenoxy) is 4. The summed E-state index contributed by atoms with van der Waals surface area (Å²) in [5, 5.41) is 0. The third-order valence-corrected chi connectivity index (χ3v) is 7.04. The average molecular weight is 555 g/mol. The van der Waals surface area contributed by atoms with E-state index in [2.05, 4.69) is 27.7 Å². The lowest BCUT2D eigenvalue weighted by atomic mass is 10.1. The molecular formula is C28H59O8P. The third kappa shape index (κ3) is 26.0. The van der Waals surface area contributed by atoms with Crippen molar-refractivity contribution >= 4 is 7.82 Å². The maximum Gasteiger partial charge on any atom is 0.472 e. The molecule has 0 aromatic rings. The van der Waals surface area contributed by atoms with Gasteiger partial charge in [0.2, 0.25) is 0 Å². The normalized spacial score (nSPS) is 16.8. The molecule has 0 radical (unpaired) electrons. The molecule has 0 rings (SSSR count). The summed E-state index contributed by atoms with van der Waals surface area (Å²) in [6.07, 6.45) is 15.0. The average Bonchev–Trinajstić information content (AvgIpc) is 2.83. The van der Waals surface area contributed by atoms with Crippen LogP contribution in [0.15, 0.2) is 0 Å². The molecule has 224 valence electrons. The standard InChI is InChI=1S/C28H59O8P/c1-7-9-11-13-15-17-25(3)35-27(5)23-31-19-21-33-37(29,30)34-22-20-32-24-28(6)36-26(4)18-16-14-12-10-8-2/h25-28H,7-24H2,1-6H3,(H,29,30). The Morgan fingerprint density at radius 1 is 0.568 bits per heavy atom. The fourth-order valence-electron chi connectivity index (χ4n) is 4.04. The van der Waals surface area contributed by atoms with Gasteiger partial charge >= 0.3 is 7.82 Å². The van der Waals surface area contributed by atoms with Gasteiger partial charge in [0.05, 0.1) is 64.1 Å². The van der Waals surface area contributed by atoms with Gasteiger partial charge in [0.15, 0.2) is 0 Å². The summed E-state index contributed by atoms with van der Waals surface area (Å²) in [6.45, 7) is 13.7. The summed E-state index contributed by atoms with van der Waals surface area (Å²) in [7, 11) is -4.13. The third-order valence-electron chi connectivity index (χ3n) is 6.03. The smallest absolute Gasteiger partial charge is 0.376 e. The molecule has 1 N–H and O–H groups in total. The van der Waals surface area contributed by atoms with Crippen LogP contribution in [0.2, 0.25) is 0 Å². The summed E-state index contributed by atoms with van der Waals surface area (Å²) in [5.41, 5.74) is 0. The molecule has 0 aliphatic rings. The Bertz CT molecular complexity index is 494. The lowest BCUT2D eigenvalue weighted by molar-refractivity contribution is -0.0516. The van der Waals surface area contributed by atoms with Gasteiger partial charge in [-0.3, -0.25) is 9.05 Å². The van der Waals surface area contributed by atoms with Gasteiger partial charge in [-0.1, -0.05) is 78.1 Å². The molecule has 0 amide bonds. The van der Waals surface area contributed by atoms with E-state index in [-0.39, 0.29) is 50.8 Å². The molecular weight excluding hydrogens is 495 g/mol. The predicted octanol–water partition coefficient (Wildman–Crippen LogP) is 7.46. The zero-order valence-electron chi connectivity index (χ0n) is 24.8. The second kappa shape index (κ2) is 25.0. The Labute approximate surface area is 228 Å². The summed E-state index contributed by atoms with van der Waals surface area (Å²) in [6, 6.07) is 0. The highest BCUT2D eigenvalue weighted by atomic mass is 31.2. The van der Waals surface area contributed by atoms with Crippen LogP contribution in [0.1, 0.15) is 119 Å². The monoisotopic (exact) mass is 554 g/mol. The maximum atomic E-state index is 12.0. The molecule has 0 aliphatic carbocycles. The molecule has 0 aromatic carbocycles. The molecule has 0 saturated carbocycles. The molecule has 0 saturated heterocycles. The van der Waals surface area contributed by atoms with Crippen molar-refractivity contribution < 1.29 is 37.5 Å². The van der Waals surface area contributed by atoms with E-state index in [1.807, 2.05) is 13.8 Å². The van der Waals surface area contributed by atoms with Gasteiger partial charge in [0.1, 0.15) is 0 Å². The minimum absolute atomic E-state index is 0.0322. The second-order valence-electron chi connectivity index (χ2n) is 10.2. The molecule has 4 unspecified atom stereocenters. The van der Waals surface area contributed by atoms with Crippen molar-refractivity contribution in [2.24, 2.45) is 0 Å². The zero-order valence-corrected chi connectivity index (χ0v) is 25.7. The van der Waals surface area contributed by atoms with Crippen LogP contribution in [0.5, 0.6) is 0 Å². The number of rotatable bonds is 28. The van der Waals surface area contributed by atoms with Gasteiger partial charge in [-0.15, -0.1) is 0 Å². The fraction of sp³-hybridized carbons (Fsp3) is 1.00. The molecule has 0 bridgehead atoms. The topological polar surface area (TPSA) is 92.7 Å². The van der Waals surface area contributed by atoms with Crippen molar-refractivity contribution in [3.8, 4) is 0 Å². The number of unbranched alkanes of at least 4 members (excludes halogenated alkanes) is 8. The largest absolute Gasteiger partial charge is 0.472 e. The van der Waals surface area contributed by atoms with E-state index in [4.69, 9.17) is 28.0 Å². The SMILES string of the molecule is CCCCCCCC(C)OC(C)COCCOP(=O)(O)OCCOCC(C)OC(C)CCCCCCC. The molecule has 0 spiro atoms. The molecule has 9 heteroatoms. The molecule has 8 nitrogen and oxygen atoms in total. The van der Waals surface area contributed by atoms with Crippen LogP contribution >= 0.6 is 7.82 Å². The Hall–Kier alpha value is -0.0500. The summed E-state index contributed by atoms with van der Waals surface area (Å²) in [4.78, 5) is 9.79. The number of hydrogen-bond acceptors (Lipinski definition) is 7. The highest BCUT2D eigenvalue weighted by Crippen LogP contribution is 2.42. The van der Waals surface area contributed by atoms with E-state index < -0.39 is 7.82 Å². The van der Waals surface area contributed by atoms with Crippen LogP contribution in [0.3, 0.4) is 0 Å². The Morgan fingerprint density at radius 2 is 0.946 bits per heavy atom. The number of phosphoric acid groups is 1. The van der Waals surface area contributed by atoms with E-state index in [0.717, 1.165) is 12.8 Å². The van der Waals surface area contributed by atoms with Crippen molar-refractivity contribution in [3.05, 3.63) is 0 Å². The van der Waals surface area contributed by atoms with Crippen molar-refractivity contribution in [2.45, 2.75) is 143 Å². The minimum atomic E-state index is -4.13. The lowest BCUT2D eigenvalue weighted by Gasteiger charge is -2.20. The van der Waals surface area contributed by atoms with E-state index >= 15 is 0 Å². The highest BCUT2D eigenvalue weighted by molar-refractivity contribution is 7.47. The second-order valence-corrected chi connectivity index (χ2v) is 11.7. The first-order valence-corrected chi connectivity index (χ1v) is 16.3. The first-order valence-electron chi connectivity index (χ1n) is 14.8. The molecule has 0 aliphatic heterocycles. The summed E-state index contributed by atoms with van der Waals surface area (Å²) < 4.78 is 44.8. The Balaban J connectivity index is 3.70. The van der Waals surface area contributed by atoms with Crippen LogP contribution in [0.4, 0.5) is 0 Å². The Morgan fingerprint density at radius 3 is 1.32 bits per heavy atom. The first kappa shape index (κ1) is 37.0. The van der Waals surface area contributed by atoms with Crippen LogP contribution in [-0.4, -0.2) is 69.0 Å². The van der Waals surface area contributed by atoms with Gasteiger partial charge < -0.3 is 23.8 Å². The van der Waals surface area contributed by atoms with Gasteiger partial charge in [-0.05, 0) is 40.5 Å². The number of hydrogen-bond donors (Lipinski definition) is 1. The van der Waals surface area contributed by atoms with Crippen LogP contribution in [0, 0.1) is 0 Å².